The van der Waals surface area contributed by atoms with Crippen molar-refractivity contribution in [2.24, 2.45) is 0 Å². The van der Waals surface area contributed by atoms with Gasteiger partial charge in [0.15, 0.2) is 0 Å². The highest BCUT2D eigenvalue weighted by Gasteiger charge is 2.14. The van der Waals surface area contributed by atoms with Gasteiger partial charge in [0.2, 0.25) is 0 Å². The zero-order valence-electron chi connectivity index (χ0n) is 28.0. The van der Waals surface area contributed by atoms with E-state index in [1.54, 1.807) is 19.1 Å². The Bertz CT molecular complexity index is 928. The van der Waals surface area contributed by atoms with Gasteiger partial charge in [-0.15, -0.1) is 0 Å². The van der Waals surface area contributed by atoms with Gasteiger partial charge in [0.1, 0.15) is 0 Å². The first-order valence-corrected chi connectivity index (χ1v) is 16.6. The van der Waals surface area contributed by atoms with Crippen LogP contribution in [-0.4, -0.2) is 125 Å². The van der Waals surface area contributed by atoms with Crippen LogP contribution in [0.1, 0.15) is 61.0 Å². The van der Waals surface area contributed by atoms with E-state index in [0.717, 1.165) is 5.56 Å². The van der Waals surface area contributed by atoms with E-state index in [2.05, 4.69) is 0 Å². The Labute approximate surface area is 265 Å². The maximum Gasteiger partial charge on any atom is 0.294 e. The molecular formula is C31H58O12S. The number of benzene rings is 1. The second kappa shape index (κ2) is 24.0. The lowest BCUT2D eigenvalue weighted by Gasteiger charge is -2.22. The predicted molar refractivity (Wildman–Crippen MR) is 168 cm³/mol. The van der Waals surface area contributed by atoms with Gasteiger partial charge in [-0.3, -0.25) is 4.55 Å². The highest BCUT2D eigenvalue weighted by Crippen LogP contribution is 2.09. The lowest BCUT2D eigenvalue weighted by molar-refractivity contribution is -0.108. The Kier molecular flexibility index (Phi) is 23.3. The molecule has 0 spiro atoms. The number of aryl methyl sites for hydroxylation is 1. The number of ether oxygens (including phenoxy) is 7. The topological polar surface area (TPSA) is 159 Å². The molecular weight excluding hydrogens is 596 g/mol. The third kappa shape index (κ3) is 24.1. The van der Waals surface area contributed by atoms with Gasteiger partial charge in [-0.2, -0.15) is 8.42 Å². The average molecular weight is 655 g/mol. The maximum absolute atomic E-state index is 10.5. The Morgan fingerprint density at radius 2 is 0.818 bits per heavy atom. The summed E-state index contributed by atoms with van der Waals surface area (Å²) in [6.07, 6.45) is -1.07. The molecule has 1 aromatic carbocycles. The second-order valence-electron chi connectivity index (χ2n) is 11.3. The zero-order valence-corrected chi connectivity index (χ0v) is 28.8. The van der Waals surface area contributed by atoms with Crippen molar-refractivity contribution in [3.8, 4) is 0 Å². The van der Waals surface area contributed by atoms with E-state index in [0.29, 0.717) is 46.2 Å². The van der Waals surface area contributed by atoms with Gasteiger partial charge < -0.3 is 43.4 Å². The molecule has 44 heavy (non-hydrogen) atoms. The fourth-order valence-electron chi connectivity index (χ4n) is 3.15. The van der Waals surface area contributed by atoms with Gasteiger partial charge in [0.05, 0.1) is 107 Å². The van der Waals surface area contributed by atoms with Crippen molar-refractivity contribution in [1.29, 1.82) is 0 Å². The molecule has 1 aromatic rings. The molecule has 13 heteroatoms. The Hall–Kier alpha value is -1.23. The Balaban J connectivity index is 0.00000139. The molecule has 8 atom stereocenters. The molecule has 0 aliphatic heterocycles. The molecule has 0 amide bonds. The van der Waals surface area contributed by atoms with E-state index in [1.165, 1.54) is 12.1 Å². The van der Waals surface area contributed by atoms with Crippen molar-refractivity contribution >= 4 is 10.1 Å². The summed E-state index contributed by atoms with van der Waals surface area (Å²) < 4.78 is 69.3. The molecule has 1 rings (SSSR count). The van der Waals surface area contributed by atoms with Gasteiger partial charge in [0, 0.05) is 0 Å². The first kappa shape index (κ1) is 42.8. The normalized spacial score (nSPS) is 17.5. The van der Waals surface area contributed by atoms with Crippen LogP contribution in [0.3, 0.4) is 0 Å². The minimum atomic E-state index is -4.02. The molecule has 0 bridgehead atoms. The molecule has 8 unspecified atom stereocenters. The number of hydrogen-bond donors (Lipinski definition) is 3. The van der Waals surface area contributed by atoms with Crippen LogP contribution in [0.15, 0.2) is 29.2 Å². The molecule has 260 valence electrons. The van der Waals surface area contributed by atoms with Crippen molar-refractivity contribution in [2.45, 2.75) is 116 Å². The average Bonchev–Trinajstić information content (AvgIpc) is 2.97. The van der Waals surface area contributed by atoms with E-state index in [4.69, 9.17) is 42.8 Å². The first-order valence-electron chi connectivity index (χ1n) is 15.2. The van der Waals surface area contributed by atoms with Gasteiger partial charge in [-0.25, -0.2) is 0 Å². The third-order valence-electron chi connectivity index (χ3n) is 5.89. The fourth-order valence-corrected chi connectivity index (χ4v) is 3.63. The van der Waals surface area contributed by atoms with E-state index >= 15 is 0 Å². The SMILES string of the molecule is CC(O)COC(C)COC(C)COC(C)COC(C)COC(C)COC(C)COC(C)CO.Cc1ccc(S(=O)(=O)O)cc1. The molecule has 0 saturated heterocycles. The lowest BCUT2D eigenvalue weighted by Crippen LogP contribution is -2.30. The lowest BCUT2D eigenvalue weighted by atomic mass is 10.2. The highest BCUT2D eigenvalue weighted by molar-refractivity contribution is 7.85. The van der Waals surface area contributed by atoms with Crippen molar-refractivity contribution in [3.63, 3.8) is 0 Å². The van der Waals surface area contributed by atoms with Crippen molar-refractivity contribution < 1.29 is 56.3 Å². The summed E-state index contributed by atoms with van der Waals surface area (Å²) in [5, 5.41) is 18.2. The number of aliphatic hydroxyl groups is 2. The summed E-state index contributed by atoms with van der Waals surface area (Å²) in [6, 6.07) is 5.99. The molecule has 0 aromatic heterocycles. The molecule has 3 N–H and O–H groups in total. The standard InChI is InChI=1S/C24H50O9.C7H8O3S/c1-17(26)10-27-19(3)12-29-21(5)14-31-23(7)16-33-24(8)15-32-22(6)13-30-20(4)11-28-18(2)9-25;1-6-2-4-7(5-3-6)11(8,9)10/h17-26H,9-16H2,1-8H3;2-5H,1H3,(H,8,9,10). The third-order valence-corrected chi connectivity index (χ3v) is 6.76. The summed E-state index contributed by atoms with van der Waals surface area (Å²) in [4.78, 5) is -0.0666. The van der Waals surface area contributed by atoms with E-state index in [1.807, 2.05) is 55.4 Å². The molecule has 12 nitrogen and oxygen atoms in total. The zero-order chi connectivity index (χ0) is 33.7. The predicted octanol–water partition coefficient (Wildman–Crippen LogP) is 3.44. The van der Waals surface area contributed by atoms with Crippen LogP contribution < -0.4 is 0 Å². The van der Waals surface area contributed by atoms with Crippen molar-refractivity contribution in [1.82, 2.24) is 0 Å². The summed E-state index contributed by atoms with van der Waals surface area (Å²) >= 11 is 0. The number of rotatable bonds is 23. The summed E-state index contributed by atoms with van der Waals surface area (Å²) in [7, 11) is -4.02. The van der Waals surface area contributed by atoms with Gasteiger partial charge >= 0.3 is 0 Å². The van der Waals surface area contributed by atoms with E-state index in [9.17, 15) is 13.5 Å². The molecule has 0 fully saturated rings. The molecule has 0 saturated carbocycles. The smallest absolute Gasteiger partial charge is 0.294 e. The first-order chi connectivity index (χ1) is 20.5. The molecule has 0 radical (unpaired) electrons. The Morgan fingerprint density at radius 3 is 1.07 bits per heavy atom. The van der Waals surface area contributed by atoms with E-state index in [-0.39, 0.29) is 54.2 Å². The molecule has 0 aliphatic carbocycles. The van der Waals surface area contributed by atoms with Gasteiger partial charge in [-0.1, -0.05) is 17.7 Å². The molecule has 0 aliphatic rings. The van der Waals surface area contributed by atoms with Crippen LogP contribution in [0.25, 0.3) is 0 Å². The van der Waals surface area contributed by atoms with Crippen LogP contribution in [0.4, 0.5) is 0 Å². The van der Waals surface area contributed by atoms with E-state index < -0.39 is 16.2 Å². The van der Waals surface area contributed by atoms with Crippen LogP contribution in [-0.2, 0) is 43.3 Å². The fraction of sp³-hybridized carbons (Fsp3) is 0.806. The summed E-state index contributed by atoms with van der Waals surface area (Å²) in [6.45, 7) is 20.1. The van der Waals surface area contributed by atoms with Crippen molar-refractivity contribution in [2.75, 3.05) is 52.9 Å². The quantitative estimate of drug-likeness (QED) is 0.148. The summed E-state index contributed by atoms with van der Waals surface area (Å²) in [5.41, 5.74) is 0.956. The van der Waals surface area contributed by atoms with Gasteiger partial charge in [-0.05, 0) is 74.4 Å². The van der Waals surface area contributed by atoms with Crippen LogP contribution in [0, 0.1) is 6.92 Å². The number of aliphatic hydroxyl groups excluding tert-OH is 2. The molecule has 0 heterocycles. The van der Waals surface area contributed by atoms with Gasteiger partial charge in [0.25, 0.3) is 10.1 Å². The monoisotopic (exact) mass is 654 g/mol. The maximum atomic E-state index is 10.5. The Morgan fingerprint density at radius 1 is 0.545 bits per heavy atom. The minimum absolute atomic E-state index is 0.000849. The van der Waals surface area contributed by atoms with Crippen LogP contribution >= 0.6 is 0 Å². The minimum Gasteiger partial charge on any atom is -0.394 e. The largest absolute Gasteiger partial charge is 0.394 e. The summed E-state index contributed by atoms with van der Waals surface area (Å²) in [5.74, 6) is 0. The van der Waals surface area contributed by atoms with Crippen LogP contribution in [0.2, 0.25) is 0 Å². The van der Waals surface area contributed by atoms with Crippen molar-refractivity contribution in [3.05, 3.63) is 29.8 Å². The highest BCUT2D eigenvalue weighted by atomic mass is 32.2. The second-order valence-corrected chi connectivity index (χ2v) is 12.7. The van der Waals surface area contributed by atoms with Crippen LogP contribution in [0.5, 0.6) is 0 Å². The number of hydrogen-bond acceptors (Lipinski definition) is 11.